The molecule has 2 fully saturated rings. The number of thiophene rings is 1. The number of piperazine rings is 1. The van der Waals surface area contributed by atoms with Crippen LogP contribution in [-0.2, 0) is 18.3 Å². The van der Waals surface area contributed by atoms with E-state index in [0.29, 0.717) is 36.6 Å². The van der Waals surface area contributed by atoms with Crippen LogP contribution in [0.1, 0.15) is 12.8 Å². The number of quaternary nitrogens is 1. The summed E-state index contributed by atoms with van der Waals surface area (Å²) in [5.74, 6) is 0.703. The first kappa shape index (κ1) is 32.2. The zero-order chi connectivity index (χ0) is 31.1. The molecule has 0 saturated carbocycles. The Hall–Kier alpha value is -2.80. The average molecular weight is 657 g/mol. The summed E-state index contributed by atoms with van der Waals surface area (Å²) in [6.07, 6.45) is 1.64. The second-order valence-corrected chi connectivity index (χ2v) is 14.1. The van der Waals surface area contributed by atoms with Crippen LogP contribution in [0.5, 0.6) is 5.75 Å². The van der Waals surface area contributed by atoms with Crippen LogP contribution in [-0.4, -0.2) is 99.9 Å². The van der Waals surface area contributed by atoms with Gasteiger partial charge in [0.2, 0.25) is 5.56 Å². The number of ether oxygens (including phenoxy) is 2. The van der Waals surface area contributed by atoms with E-state index in [9.17, 15) is 14.3 Å². The van der Waals surface area contributed by atoms with Crippen molar-refractivity contribution in [2.75, 3.05) is 90.4 Å². The second kappa shape index (κ2) is 14.7. The molecule has 2 aliphatic heterocycles. The van der Waals surface area contributed by atoms with Gasteiger partial charge in [0, 0.05) is 47.5 Å². The van der Waals surface area contributed by atoms with Gasteiger partial charge in [0.05, 0.1) is 64.7 Å². The molecule has 11 nitrogen and oxygen atoms in total. The summed E-state index contributed by atoms with van der Waals surface area (Å²) in [4.78, 5) is 31.8. The fourth-order valence-electron chi connectivity index (χ4n) is 6.10. The monoisotopic (exact) mass is 656 g/mol. The van der Waals surface area contributed by atoms with Crippen molar-refractivity contribution in [2.24, 2.45) is 0 Å². The molecule has 2 aromatic carbocycles. The first-order valence-electron chi connectivity index (χ1n) is 15.6. The van der Waals surface area contributed by atoms with Gasteiger partial charge in [-0.05, 0) is 60.0 Å². The molecule has 2 aromatic heterocycles. The van der Waals surface area contributed by atoms with E-state index in [2.05, 4.69) is 44.4 Å². The summed E-state index contributed by atoms with van der Waals surface area (Å²) in [5, 5.41) is 4.33. The quantitative estimate of drug-likeness (QED) is 0.122. The number of pyridine rings is 1. The Morgan fingerprint density at radius 1 is 0.978 bits per heavy atom. The van der Waals surface area contributed by atoms with Gasteiger partial charge in [-0.1, -0.05) is 6.07 Å². The molecule has 1 N–H and O–H groups in total. The Kier molecular flexibility index (Phi) is 10.5. The zero-order valence-corrected chi connectivity index (χ0v) is 27.1. The van der Waals surface area contributed by atoms with Crippen LogP contribution in [0.4, 0.5) is 5.69 Å². The predicted octanol–water partition coefficient (Wildman–Crippen LogP) is 4.03. The van der Waals surface area contributed by atoms with Gasteiger partial charge in [-0.2, -0.15) is 0 Å². The number of benzene rings is 2. The first-order valence-corrected chi connectivity index (χ1v) is 17.9. The second-order valence-electron chi connectivity index (χ2n) is 11.7. The summed E-state index contributed by atoms with van der Waals surface area (Å²) in [6, 6.07) is 17.6. The molecule has 0 amide bonds. The fraction of sp³-hybridized carbons (Fsp3) is 0.469. The number of hydrogen-bond donors (Lipinski definition) is 1. The van der Waals surface area contributed by atoms with Crippen LogP contribution in [0.3, 0.4) is 0 Å². The van der Waals surface area contributed by atoms with Gasteiger partial charge in [0.15, 0.2) is 6.73 Å². The number of unbranched alkanes of at least 4 members (excludes halogenated alkanes) is 1. The molecule has 0 bridgehead atoms. The number of hydrogen-bond acceptors (Lipinski definition) is 10. The highest BCUT2D eigenvalue weighted by Crippen LogP contribution is 2.40. The Morgan fingerprint density at radius 2 is 1.80 bits per heavy atom. The number of morpholine rings is 1. The van der Waals surface area contributed by atoms with Gasteiger partial charge in [0.1, 0.15) is 5.75 Å². The van der Waals surface area contributed by atoms with Crippen LogP contribution in [0, 0.1) is 0 Å². The number of phosphoric acid groups is 1. The smallest absolute Gasteiger partial charge is 0.272 e. The molecular weight excluding hydrogens is 615 g/mol. The highest BCUT2D eigenvalue weighted by molar-refractivity contribution is 7.45. The summed E-state index contributed by atoms with van der Waals surface area (Å²) < 4.78 is 36.8. The average Bonchev–Trinajstić information content (AvgIpc) is 3.54. The number of aromatic amines is 1. The zero-order valence-electron chi connectivity index (χ0n) is 25.4. The van der Waals surface area contributed by atoms with Gasteiger partial charge >= 0.3 is 0 Å². The molecule has 2 aliphatic rings. The van der Waals surface area contributed by atoms with Crippen molar-refractivity contribution in [1.82, 2.24) is 9.88 Å². The van der Waals surface area contributed by atoms with E-state index < -0.39 is 7.82 Å². The lowest BCUT2D eigenvalue weighted by molar-refractivity contribution is -0.943. The Bertz CT molecular complexity index is 1670. The molecule has 2 saturated heterocycles. The van der Waals surface area contributed by atoms with Crippen molar-refractivity contribution < 1.29 is 32.5 Å². The molecule has 45 heavy (non-hydrogen) atoms. The lowest BCUT2D eigenvalue weighted by Crippen LogP contribution is -2.61. The predicted molar refractivity (Wildman–Crippen MR) is 175 cm³/mol. The molecule has 4 aromatic rings. The van der Waals surface area contributed by atoms with Crippen molar-refractivity contribution in [3.05, 3.63) is 70.3 Å². The van der Waals surface area contributed by atoms with Gasteiger partial charge < -0.3 is 28.8 Å². The summed E-state index contributed by atoms with van der Waals surface area (Å²) in [7, 11) is -4.46. The van der Waals surface area contributed by atoms with E-state index in [-0.39, 0.29) is 18.9 Å². The van der Waals surface area contributed by atoms with Crippen molar-refractivity contribution in [3.63, 3.8) is 0 Å². The summed E-state index contributed by atoms with van der Waals surface area (Å²) >= 11 is 1.74. The maximum atomic E-state index is 12.8. The minimum atomic E-state index is -4.46. The normalized spacial score (nSPS) is 18.7. The summed E-state index contributed by atoms with van der Waals surface area (Å²) in [5.41, 5.74) is 1.82. The molecular formula is C32H41N4O7PS. The Balaban J connectivity index is 1.04. The molecule has 1 atom stereocenters. The molecule has 0 spiro atoms. The van der Waals surface area contributed by atoms with E-state index in [4.69, 9.17) is 18.5 Å². The third-order valence-corrected chi connectivity index (χ3v) is 10.6. The van der Waals surface area contributed by atoms with E-state index in [0.717, 1.165) is 69.6 Å². The van der Waals surface area contributed by atoms with Gasteiger partial charge in [-0.25, -0.2) is 0 Å². The maximum Gasteiger partial charge on any atom is 0.272 e. The van der Waals surface area contributed by atoms with Gasteiger partial charge in [0.25, 0.3) is 7.82 Å². The molecule has 0 aliphatic carbocycles. The Labute approximate surface area is 267 Å². The first-order chi connectivity index (χ1) is 21.9. The van der Waals surface area contributed by atoms with Crippen molar-refractivity contribution in [1.29, 1.82) is 0 Å². The molecule has 0 radical (unpaired) electrons. The van der Waals surface area contributed by atoms with Crippen LogP contribution >= 0.6 is 19.2 Å². The van der Waals surface area contributed by atoms with E-state index >= 15 is 0 Å². The molecule has 6 rings (SSSR count). The lowest BCUT2D eigenvalue weighted by atomic mass is 10.1. The number of anilines is 1. The van der Waals surface area contributed by atoms with Crippen LogP contribution in [0.15, 0.2) is 64.8 Å². The third-order valence-electron chi connectivity index (χ3n) is 8.74. The minimum absolute atomic E-state index is 0.0493. The van der Waals surface area contributed by atoms with Crippen molar-refractivity contribution in [2.45, 2.75) is 12.8 Å². The van der Waals surface area contributed by atoms with Crippen LogP contribution in [0.2, 0.25) is 0 Å². The Morgan fingerprint density at radius 3 is 2.64 bits per heavy atom. The molecule has 1 unspecified atom stereocenters. The van der Waals surface area contributed by atoms with Crippen LogP contribution in [0.25, 0.3) is 21.0 Å². The number of H-pyrrole nitrogens is 1. The van der Waals surface area contributed by atoms with E-state index in [1.165, 1.54) is 21.8 Å². The van der Waals surface area contributed by atoms with Gasteiger partial charge in [-0.15, -0.1) is 11.3 Å². The summed E-state index contributed by atoms with van der Waals surface area (Å²) in [6.45, 7) is 7.87. The number of aromatic nitrogens is 1. The number of nitrogens with one attached hydrogen (secondary N) is 1. The SMILES string of the molecule is O=c1ccc2ccc(OCCCC[N+]3(COP(=O)([O-])OCCN4CCOCC4)CCN(c4cccc5sccc45)CC3)cc2[nH]1. The van der Waals surface area contributed by atoms with Crippen LogP contribution < -0.4 is 20.1 Å². The van der Waals surface area contributed by atoms with Gasteiger partial charge in [-0.3, -0.25) is 23.3 Å². The third kappa shape index (κ3) is 8.52. The highest BCUT2D eigenvalue weighted by Gasteiger charge is 2.35. The molecule has 13 heteroatoms. The fourth-order valence-corrected chi connectivity index (χ4v) is 7.67. The topological polar surface area (TPSA) is 116 Å². The molecule has 242 valence electrons. The van der Waals surface area contributed by atoms with Crippen molar-refractivity contribution >= 4 is 45.8 Å². The lowest BCUT2D eigenvalue weighted by Gasteiger charge is -2.46. The largest absolute Gasteiger partial charge is 0.756 e. The number of fused-ring (bicyclic) bond motifs is 2. The molecule has 4 heterocycles. The van der Waals surface area contributed by atoms with Crippen molar-refractivity contribution in [3.8, 4) is 5.75 Å². The maximum absolute atomic E-state index is 12.8. The van der Waals surface area contributed by atoms with E-state index in [1.807, 2.05) is 18.2 Å². The number of rotatable bonds is 14. The number of nitrogens with zero attached hydrogens (tertiary/aromatic N) is 3. The van der Waals surface area contributed by atoms with E-state index in [1.54, 1.807) is 17.4 Å². The number of phosphoric ester groups is 1. The minimum Gasteiger partial charge on any atom is -0.756 e. The standard InChI is InChI=1S/C32H41N4O7PS/c37-32-9-7-26-6-8-27(24-29(26)33-32)41-19-2-1-16-36(25-43-44(38,39)42-22-15-34-13-20-40-21-14-34)17-11-35(12-18-36)30-4-3-5-31-28(30)10-23-45-31/h3-10,23-24H,1-2,11-22,25H2,(H-,33,37,38,39). The highest BCUT2D eigenvalue weighted by atomic mass is 32.1.